The molecule has 1 saturated heterocycles. The zero-order valence-corrected chi connectivity index (χ0v) is 17.1. The third-order valence-electron chi connectivity index (χ3n) is 5.68. The third-order valence-corrected chi connectivity index (χ3v) is 7.38. The van der Waals surface area contributed by atoms with Crippen LogP contribution < -0.4 is 0 Å². The Kier molecular flexibility index (Phi) is 6.37. The number of ketones is 1. The van der Waals surface area contributed by atoms with Gasteiger partial charge < -0.3 is 4.98 Å². The Bertz CT molecular complexity index is 901. The second-order valence-electron chi connectivity index (χ2n) is 7.67. The van der Waals surface area contributed by atoms with Crippen molar-refractivity contribution >= 4 is 26.5 Å². The number of hydrogen-bond donors (Lipinski definition) is 1. The molecule has 1 aliphatic rings. The third kappa shape index (κ3) is 5.20. The molecule has 5 nitrogen and oxygen atoms in total. The molecule has 0 unspecified atom stereocenters. The van der Waals surface area contributed by atoms with Crippen molar-refractivity contribution in [3.63, 3.8) is 0 Å². The molecule has 1 aromatic carbocycles. The van der Waals surface area contributed by atoms with Gasteiger partial charge in [0.25, 0.3) is 0 Å². The zero-order chi connectivity index (χ0) is 19.4. The standard InChI is InChI=1S/C21H30N2O3S/c1-3-27(25,26)12-9-17-6-7-21-20(13-17)18(15-22-21)14-19-5-4-10-23(19)11-8-16(2)24/h6-7,13,15,19,22H,3-5,8-12,14H2,1-2H3/t19-/m1/s1. The molecule has 0 aliphatic carbocycles. The average molecular weight is 391 g/mol. The van der Waals surface area contributed by atoms with Crippen molar-refractivity contribution in [3.8, 4) is 0 Å². The van der Waals surface area contributed by atoms with Crippen LogP contribution in [0.15, 0.2) is 24.4 Å². The summed E-state index contributed by atoms with van der Waals surface area (Å²) in [6.07, 6.45) is 6.59. The fraction of sp³-hybridized carbons (Fsp3) is 0.571. The van der Waals surface area contributed by atoms with Crippen LogP contribution in [0.25, 0.3) is 10.9 Å². The molecule has 1 fully saturated rings. The molecule has 1 aliphatic heterocycles. The number of Topliss-reactive ketones (excluding diaryl/α,β-unsaturated/α-hetero) is 1. The van der Waals surface area contributed by atoms with Crippen molar-refractivity contribution in [3.05, 3.63) is 35.5 Å². The molecule has 0 bridgehead atoms. The van der Waals surface area contributed by atoms with Gasteiger partial charge in [-0.2, -0.15) is 0 Å². The topological polar surface area (TPSA) is 70.2 Å². The molecular formula is C21H30N2O3S. The lowest BCUT2D eigenvalue weighted by molar-refractivity contribution is -0.117. The van der Waals surface area contributed by atoms with E-state index in [4.69, 9.17) is 0 Å². The minimum Gasteiger partial charge on any atom is -0.361 e. The van der Waals surface area contributed by atoms with Crippen molar-refractivity contribution < 1.29 is 13.2 Å². The summed E-state index contributed by atoms with van der Waals surface area (Å²) in [6, 6.07) is 6.69. The van der Waals surface area contributed by atoms with Crippen LogP contribution in [0.4, 0.5) is 0 Å². The molecule has 0 spiro atoms. The lowest BCUT2D eigenvalue weighted by atomic mass is 10.0. The maximum atomic E-state index is 11.8. The minimum absolute atomic E-state index is 0.197. The van der Waals surface area contributed by atoms with Gasteiger partial charge in [0.15, 0.2) is 0 Å². The molecule has 27 heavy (non-hydrogen) atoms. The second-order valence-corrected chi connectivity index (χ2v) is 10.1. The molecule has 2 heterocycles. The SMILES string of the molecule is CCS(=O)(=O)CCc1ccc2[nH]cc(C[C@H]3CCCN3CCC(C)=O)c2c1. The first-order chi connectivity index (χ1) is 12.9. The van der Waals surface area contributed by atoms with Gasteiger partial charge in [0, 0.05) is 41.9 Å². The van der Waals surface area contributed by atoms with Crippen LogP contribution in [0.3, 0.4) is 0 Å². The van der Waals surface area contributed by atoms with E-state index in [1.807, 2.05) is 6.07 Å². The second kappa shape index (κ2) is 8.57. The van der Waals surface area contributed by atoms with Crippen molar-refractivity contribution in [1.82, 2.24) is 9.88 Å². The number of aromatic amines is 1. The van der Waals surface area contributed by atoms with Crippen LogP contribution in [0, 0.1) is 0 Å². The number of aryl methyl sites for hydroxylation is 1. The lowest BCUT2D eigenvalue weighted by Gasteiger charge is -2.23. The molecule has 0 radical (unpaired) electrons. The van der Waals surface area contributed by atoms with E-state index in [0.717, 1.165) is 30.6 Å². The lowest BCUT2D eigenvalue weighted by Crippen LogP contribution is -2.32. The molecule has 6 heteroatoms. The summed E-state index contributed by atoms with van der Waals surface area (Å²) in [5, 5.41) is 1.19. The van der Waals surface area contributed by atoms with Gasteiger partial charge in [-0.3, -0.25) is 9.69 Å². The highest BCUT2D eigenvalue weighted by molar-refractivity contribution is 7.91. The smallest absolute Gasteiger partial charge is 0.150 e. The van der Waals surface area contributed by atoms with E-state index in [9.17, 15) is 13.2 Å². The van der Waals surface area contributed by atoms with Crippen molar-refractivity contribution in [2.45, 2.75) is 52.0 Å². The van der Waals surface area contributed by atoms with Crippen LogP contribution in [-0.4, -0.2) is 54.7 Å². The summed E-state index contributed by atoms with van der Waals surface area (Å²) in [5.41, 5.74) is 3.45. The first-order valence-electron chi connectivity index (χ1n) is 9.91. The van der Waals surface area contributed by atoms with Crippen LogP contribution in [-0.2, 0) is 27.5 Å². The summed E-state index contributed by atoms with van der Waals surface area (Å²) in [5.74, 6) is 0.651. The molecule has 1 aromatic heterocycles. The molecule has 1 atom stereocenters. The molecule has 3 rings (SSSR count). The van der Waals surface area contributed by atoms with Crippen LogP contribution in [0.5, 0.6) is 0 Å². The number of benzene rings is 1. The Morgan fingerprint density at radius 3 is 2.89 bits per heavy atom. The summed E-state index contributed by atoms with van der Waals surface area (Å²) < 4.78 is 23.6. The van der Waals surface area contributed by atoms with Gasteiger partial charge in [0.1, 0.15) is 15.6 Å². The number of sulfone groups is 1. The first kappa shape index (κ1) is 20.1. The number of fused-ring (bicyclic) bond motifs is 1. The first-order valence-corrected chi connectivity index (χ1v) is 11.7. The van der Waals surface area contributed by atoms with Gasteiger partial charge in [-0.15, -0.1) is 0 Å². The molecule has 0 saturated carbocycles. The number of hydrogen-bond acceptors (Lipinski definition) is 4. The van der Waals surface area contributed by atoms with E-state index in [-0.39, 0.29) is 17.3 Å². The van der Waals surface area contributed by atoms with Crippen molar-refractivity contribution in [2.24, 2.45) is 0 Å². The number of rotatable bonds is 9. The highest BCUT2D eigenvalue weighted by Gasteiger charge is 2.25. The summed E-state index contributed by atoms with van der Waals surface area (Å²) in [4.78, 5) is 17.1. The largest absolute Gasteiger partial charge is 0.361 e. The Morgan fingerprint density at radius 1 is 1.33 bits per heavy atom. The minimum atomic E-state index is -2.95. The highest BCUT2D eigenvalue weighted by atomic mass is 32.2. The predicted octanol–water partition coefficient (Wildman–Crippen LogP) is 3.13. The number of aromatic nitrogens is 1. The molecule has 1 N–H and O–H groups in total. The molecule has 0 amide bonds. The van der Waals surface area contributed by atoms with Crippen LogP contribution >= 0.6 is 0 Å². The van der Waals surface area contributed by atoms with E-state index in [1.165, 1.54) is 23.8 Å². The molecule has 2 aromatic rings. The van der Waals surface area contributed by atoms with E-state index < -0.39 is 9.84 Å². The van der Waals surface area contributed by atoms with E-state index in [0.29, 0.717) is 18.9 Å². The number of nitrogens with one attached hydrogen (secondary N) is 1. The predicted molar refractivity (Wildman–Crippen MR) is 110 cm³/mol. The van der Waals surface area contributed by atoms with Gasteiger partial charge in [0.2, 0.25) is 0 Å². The van der Waals surface area contributed by atoms with Crippen LogP contribution in [0.2, 0.25) is 0 Å². The maximum absolute atomic E-state index is 11.8. The molecule has 148 valence electrons. The number of H-pyrrole nitrogens is 1. The van der Waals surface area contributed by atoms with Gasteiger partial charge in [-0.1, -0.05) is 13.0 Å². The van der Waals surface area contributed by atoms with Gasteiger partial charge >= 0.3 is 0 Å². The van der Waals surface area contributed by atoms with E-state index in [2.05, 4.69) is 28.2 Å². The van der Waals surface area contributed by atoms with Crippen molar-refractivity contribution in [2.75, 3.05) is 24.6 Å². The average Bonchev–Trinajstić information content (AvgIpc) is 3.25. The Hall–Kier alpha value is -1.66. The number of nitrogens with zero attached hydrogens (tertiary/aromatic N) is 1. The summed E-state index contributed by atoms with van der Waals surface area (Å²) in [6.45, 7) is 5.27. The van der Waals surface area contributed by atoms with Gasteiger partial charge in [-0.25, -0.2) is 8.42 Å². The Balaban J connectivity index is 1.73. The number of carbonyl (C=O) groups excluding carboxylic acids is 1. The monoisotopic (exact) mass is 390 g/mol. The zero-order valence-electron chi connectivity index (χ0n) is 16.3. The quantitative estimate of drug-likeness (QED) is 0.714. The van der Waals surface area contributed by atoms with Crippen molar-refractivity contribution in [1.29, 1.82) is 0 Å². The van der Waals surface area contributed by atoms with Crippen LogP contribution in [0.1, 0.15) is 44.2 Å². The number of likely N-dealkylation sites (tertiary alicyclic amines) is 1. The Labute approximate surface area is 162 Å². The summed E-state index contributed by atoms with van der Waals surface area (Å²) in [7, 11) is -2.95. The fourth-order valence-corrected chi connectivity index (χ4v) is 4.78. The highest BCUT2D eigenvalue weighted by Crippen LogP contribution is 2.26. The van der Waals surface area contributed by atoms with E-state index >= 15 is 0 Å². The number of carbonyl (C=O) groups is 1. The normalized spacial score (nSPS) is 18.4. The summed E-state index contributed by atoms with van der Waals surface area (Å²) >= 11 is 0. The van der Waals surface area contributed by atoms with E-state index in [1.54, 1.807) is 13.8 Å². The maximum Gasteiger partial charge on any atom is 0.150 e. The molecular weight excluding hydrogens is 360 g/mol. The fourth-order valence-electron chi connectivity index (χ4n) is 3.94. The Morgan fingerprint density at radius 2 is 2.15 bits per heavy atom. The van der Waals surface area contributed by atoms with Gasteiger partial charge in [0.05, 0.1) is 5.75 Å². The van der Waals surface area contributed by atoms with Gasteiger partial charge in [-0.05, 0) is 62.4 Å².